The fourth-order valence-corrected chi connectivity index (χ4v) is 5.77. The van der Waals surface area contributed by atoms with Crippen LogP contribution in [0.5, 0.6) is 5.75 Å². The van der Waals surface area contributed by atoms with Gasteiger partial charge in [0.15, 0.2) is 0 Å². The molecule has 0 unspecified atom stereocenters. The van der Waals surface area contributed by atoms with Crippen LogP contribution in [0.2, 0.25) is 0 Å². The van der Waals surface area contributed by atoms with E-state index >= 15 is 0 Å². The molecule has 1 aliphatic carbocycles. The first kappa shape index (κ1) is 21.2. The van der Waals surface area contributed by atoms with E-state index in [0.717, 1.165) is 37.4 Å². The number of piperazine rings is 1. The van der Waals surface area contributed by atoms with Crippen molar-refractivity contribution in [3.05, 3.63) is 24.3 Å². The number of carbonyl (C=O) groups excluding carboxylic acids is 2. The zero-order valence-electron chi connectivity index (χ0n) is 17.7. The highest BCUT2D eigenvalue weighted by atomic mass is 32.2. The van der Waals surface area contributed by atoms with Crippen LogP contribution >= 0.6 is 11.8 Å². The van der Waals surface area contributed by atoms with Crippen LogP contribution in [0.25, 0.3) is 0 Å². The zero-order valence-corrected chi connectivity index (χ0v) is 18.5. The number of hydrogen-bond acceptors (Lipinski definition) is 5. The number of anilines is 1. The maximum absolute atomic E-state index is 13.2. The lowest BCUT2D eigenvalue weighted by Crippen LogP contribution is -2.57. The van der Waals surface area contributed by atoms with Gasteiger partial charge in [0.05, 0.1) is 18.7 Å². The Hall–Kier alpha value is -2.09. The van der Waals surface area contributed by atoms with Gasteiger partial charge in [-0.25, -0.2) is 4.79 Å². The summed E-state index contributed by atoms with van der Waals surface area (Å²) in [5.41, 5.74) is 1.07. The lowest BCUT2D eigenvalue weighted by atomic mass is 9.96. The van der Waals surface area contributed by atoms with Gasteiger partial charge in [-0.15, -0.1) is 11.8 Å². The van der Waals surface area contributed by atoms with Gasteiger partial charge in [0.2, 0.25) is 5.91 Å². The number of nitrogens with zero attached hydrogens (tertiary/aromatic N) is 3. The molecule has 2 saturated heterocycles. The van der Waals surface area contributed by atoms with Crippen LogP contribution in [0.15, 0.2) is 24.3 Å². The van der Waals surface area contributed by atoms with E-state index in [-0.39, 0.29) is 24.0 Å². The number of thioether (sulfide) groups is 1. The van der Waals surface area contributed by atoms with Gasteiger partial charge < -0.3 is 24.8 Å². The molecule has 30 heavy (non-hydrogen) atoms. The second-order valence-electron chi connectivity index (χ2n) is 8.25. The number of hydrogen-bond donors (Lipinski definition) is 1. The van der Waals surface area contributed by atoms with Gasteiger partial charge >= 0.3 is 6.03 Å². The third-order valence-electron chi connectivity index (χ3n) is 6.38. The summed E-state index contributed by atoms with van der Waals surface area (Å²) >= 11 is 1.67. The first-order chi connectivity index (χ1) is 14.7. The van der Waals surface area contributed by atoms with Gasteiger partial charge in [-0.2, -0.15) is 0 Å². The van der Waals surface area contributed by atoms with Crippen molar-refractivity contribution in [2.45, 2.75) is 44.2 Å². The Morgan fingerprint density at radius 2 is 1.80 bits per heavy atom. The summed E-state index contributed by atoms with van der Waals surface area (Å²) in [6, 6.07) is 7.83. The molecule has 3 aliphatic rings. The first-order valence-electron chi connectivity index (χ1n) is 11.0. The largest absolute Gasteiger partial charge is 0.495 e. The van der Waals surface area contributed by atoms with Crippen LogP contribution in [-0.4, -0.2) is 78.7 Å². The molecule has 4 rings (SSSR count). The molecule has 0 aromatic heterocycles. The molecule has 7 nitrogen and oxygen atoms in total. The summed E-state index contributed by atoms with van der Waals surface area (Å²) in [7, 11) is 1.68. The molecule has 3 amide bonds. The van der Waals surface area contributed by atoms with Gasteiger partial charge in [-0.05, 0) is 25.0 Å². The molecule has 2 heterocycles. The number of para-hydroxylation sites is 2. The van der Waals surface area contributed by atoms with Gasteiger partial charge in [-0.1, -0.05) is 31.4 Å². The van der Waals surface area contributed by atoms with Gasteiger partial charge in [0, 0.05) is 38.0 Å². The first-order valence-corrected chi connectivity index (χ1v) is 12.1. The van der Waals surface area contributed by atoms with Crippen molar-refractivity contribution in [2.75, 3.05) is 49.8 Å². The smallest absolute Gasteiger partial charge is 0.319 e. The monoisotopic (exact) mass is 432 g/mol. The van der Waals surface area contributed by atoms with Crippen LogP contribution in [0.1, 0.15) is 32.1 Å². The van der Waals surface area contributed by atoms with Crippen molar-refractivity contribution in [3.8, 4) is 5.75 Å². The molecule has 2 aliphatic heterocycles. The average molecular weight is 433 g/mol. The summed E-state index contributed by atoms with van der Waals surface area (Å²) in [5.74, 6) is 2.22. The minimum Gasteiger partial charge on any atom is -0.495 e. The molecule has 1 aromatic carbocycles. The summed E-state index contributed by atoms with van der Waals surface area (Å²) in [4.78, 5) is 32.0. The highest BCUT2D eigenvalue weighted by Crippen LogP contribution is 2.29. The van der Waals surface area contributed by atoms with Gasteiger partial charge in [0.1, 0.15) is 11.8 Å². The second-order valence-corrected chi connectivity index (χ2v) is 9.25. The molecule has 0 radical (unpaired) electrons. The Morgan fingerprint density at radius 1 is 1.07 bits per heavy atom. The lowest BCUT2D eigenvalue weighted by Gasteiger charge is -2.38. The van der Waals surface area contributed by atoms with Crippen molar-refractivity contribution in [1.29, 1.82) is 0 Å². The zero-order chi connectivity index (χ0) is 20.9. The predicted octanol–water partition coefficient (Wildman–Crippen LogP) is 2.76. The van der Waals surface area contributed by atoms with Gasteiger partial charge in [-0.3, -0.25) is 4.79 Å². The standard InChI is InChI=1S/C22H32N4O3S/c1-29-20-10-6-5-9-18(20)24-11-13-25(14-12-24)21(27)19-15-30-16-26(19)22(28)23-17-7-3-2-4-8-17/h5-6,9-10,17,19H,2-4,7-8,11-16H2,1H3,(H,23,28)/t19-/m0/s1. The Labute approximate surface area is 183 Å². The van der Waals surface area contributed by atoms with Crippen molar-refractivity contribution < 1.29 is 14.3 Å². The topological polar surface area (TPSA) is 65.1 Å². The fraction of sp³-hybridized carbons (Fsp3) is 0.636. The second kappa shape index (κ2) is 9.81. The van der Waals surface area contributed by atoms with Crippen LogP contribution in [0.3, 0.4) is 0 Å². The Morgan fingerprint density at radius 3 is 2.53 bits per heavy atom. The van der Waals surface area contributed by atoms with Crippen molar-refractivity contribution in [2.24, 2.45) is 0 Å². The summed E-state index contributed by atoms with van der Waals surface area (Å²) in [6.07, 6.45) is 5.72. The number of nitrogens with one attached hydrogen (secondary N) is 1. The van der Waals surface area contributed by atoms with E-state index in [0.29, 0.717) is 24.7 Å². The molecule has 0 spiro atoms. The maximum Gasteiger partial charge on any atom is 0.319 e. The summed E-state index contributed by atoms with van der Waals surface area (Å²) < 4.78 is 5.48. The number of methoxy groups -OCH3 is 1. The van der Waals surface area contributed by atoms with Crippen molar-refractivity contribution in [3.63, 3.8) is 0 Å². The number of carbonyl (C=O) groups is 2. The molecule has 1 atom stereocenters. The van der Waals surface area contributed by atoms with Crippen LogP contribution in [0, 0.1) is 0 Å². The molecule has 1 saturated carbocycles. The van der Waals surface area contributed by atoms with Gasteiger partial charge in [0.25, 0.3) is 0 Å². The molecule has 3 fully saturated rings. The number of rotatable bonds is 4. The minimum absolute atomic E-state index is 0.0714. The summed E-state index contributed by atoms with van der Waals surface area (Å²) in [5, 5.41) is 3.17. The Kier molecular flexibility index (Phi) is 6.92. The van der Waals surface area contributed by atoms with E-state index in [4.69, 9.17) is 4.74 Å². The van der Waals surface area contributed by atoms with Crippen molar-refractivity contribution in [1.82, 2.24) is 15.1 Å². The maximum atomic E-state index is 13.2. The Bertz CT molecular complexity index is 748. The average Bonchev–Trinajstić information content (AvgIpc) is 3.29. The normalized spacial score (nSPS) is 22.8. The molecular weight excluding hydrogens is 400 g/mol. The third-order valence-corrected chi connectivity index (χ3v) is 7.39. The summed E-state index contributed by atoms with van der Waals surface area (Å²) in [6.45, 7) is 2.85. The predicted molar refractivity (Wildman–Crippen MR) is 120 cm³/mol. The number of ether oxygens (including phenoxy) is 1. The molecule has 164 valence electrons. The number of urea groups is 1. The van der Waals surface area contributed by atoms with Crippen LogP contribution in [-0.2, 0) is 4.79 Å². The van der Waals surface area contributed by atoms with E-state index < -0.39 is 0 Å². The Balaban J connectivity index is 1.33. The lowest BCUT2D eigenvalue weighted by molar-refractivity contribution is -0.135. The number of amides is 3. The van der Waals surface area contributed by atoms with E-state index in [1.807, 2.05) is 23.1 Å². The fourth-order valence-electron chi connectivity index (χ4n) is 4.62. The SMILES string of the molecule is COc1ccccc1N1CCN(C(=O)[C@@H]2CSCN2C(=O)NC2CCCCC2)CC1. The van der Waals surface area contributed by atoms with Crippen LogP contribution in [0.4, 0.5) is 10.5 Å². The van der Waals surface area contributed by atoms with E-state index in [1.54, 1.807) is 23.8 Å². The highest BCUT2D eigenvalue weighted by molar-refractivity contribution is 7.99. The van der Waals surface area contributed by atoms with E-state index in [9.17, 15) is 9.59 Å². The quantitative estimate of drug-likeness (QED) is 0.793. The van der Waals surface area contributed by atoms with E-state index in [2.05, 4.69) is 16.3 Å². The highest BCUT2D eigenvalue weighted by Gasteiger charge is 2.38. The van der Waals surface area contributed by atoms with Crippen molar-refractivity contribution >= 4 is 29.4 Å². The minimum atomic E-state index is -0.351. The molecule has 8 heteroatoms. The van der Waals surface area contributed by atoms with E-state index in [1.165, 1.54) is 19.3 Å². The number of benzene rings is 1. The molecule has 0 bridgehead atoms. The molecule has 1 aromatic rings. The third kappa shape index (κ3) is 4.63. The molecular formula is C22H32N4O3S. The molecule has 1 N–H and O–H groups in total. The van der Waals surface area contributed by atoms with Crippen LogP contribution < -0.4 is 15.0 Å².